The van der Waals surface area contributed by atoms with Crippen molar-refractivity contribution in [3.05, 3.63) is 34.1 Å². The number of benzene rings is 1. The Labute approximate surface area is 98.4 Å². The van der Waals surface area contributed by atoms with Crippen molar-refractivity contribution < 1.29 is 4.39 Å². The smallest absolute Gasteiger partial charge is 0.128 e. The second kappa shape index (κ2) is 4.62. The van der Waals surface area contributed by atoms with Gasteiger partial charge in [-0.3, -0.25) is 4.90 Å². The number of likely N-dealkylation sites (tertiary alicyclic amines) is 1. The van der Waals surface area contributed by atoms with Crippen LogP contribution in [0.5, 0.6) is 0 Å². The number of halogens is 2. The maximum absolute atomic E-state index is 13.6. The van der Waals surface area contributed by atoms with E-state index in [1.165, 1.54) is 18.9 Å². The summed E-state index contributed by atoms with van der Waals surface area (Å²) in [5, 5.41) is 0. The number of rotatable bonds is 2. The van der Waals surface area contributed by atoms with Gasteiger partial charge >= 0.3 is 0 Å². The summed E-state index contributed by atoms with van der Waals surface area (Å²) < 4.78 is 14.4. The Morgan fingerprint density at radius 3 is 2.93 bits per heavy atom. The van der Waals surface area contributed by atoms with Gasteiger partial charge in [-0.15, -0.1) is 0 Å². The lowest BCUT2D eigenvalue weighted by atomic mass is 10.2. The first-order valence-electron chi connectivity index (χ1n) is 5.35. The molecule has 0 bridgehead atoms. The summed E-state index contributed by atoms with van der Waals surface area (Å²) >= 11 is 3.27. The molecule has 0 aliphatic carbocycles. The van der Waals surface area contributed by atoms with Crippen LogP contribution in [0.4, 0.5) is 4.39 Å². The van der Waals surface area contributed by atoms with Gasteiger partial charge in [0.15, 0.2) is 0 Å². The van der Waals surface area contributed by atoms with E-state index >= 15 is 0 Å². The van der Waals surface area contributed by atoms with Crippen molar-refractivity contribution >= 4 is 15.9 Å². The summed E-state index contributed by atoms with van der Waals surface area (Å²) in [5.41, 5.74) is 0.798. The molecule has 15 heavy (non-hydrogen) atoms. The highest BCUT2D eigenvalue weighted by atomic mass is 79.9. The van der Waals surface area contributed by atoms with E-state index in [0.29, 0.717) is 6.04 Å². The maximum atomic E-state index is 13.6. The Morgan fingerprint density at radius 1 is 1.53 bits per heavy atom. The molecule has 82 valence electrons. The van der Waals surface area contributed by atoms with E-state index < -0.39 is 0 Å². The second-order valence-corrected chi connectivity index (χ2v) is 5.11. The highest BCUT2D eigenvalue weighted by Gasteiger charge is 2.20. The lowest BCUT2D eigenvalue weighted by Gasteiger charge is -2.21. The van der Waals surface area contributed by atoms with E-state index in [2.05, 4.69) is 27.8 Å². The molecule has 0 N–H and O–H groups in total. The summed E-state index contributed by atoms with van der Waals surface area (Å²) in [6, 6.07) is 5.90. The highest BCUT2D eigenvalue weighted by Crippen LogP contribution is 2.22. The maximum Gasteiger partial charge on any atom is 0.128 e. The molecule has 2 rings (SSSR count). The average Bonchev–Trinajstić information content (AvgIpc) is 2.57. The van der Waals surface area contributed by atoms with Gasteiger partial charge in [-0.1, -0.05) is 22.0 Å². The van der Waals surface area contributed by atoms with Gasteiger partial charge in [0.2, 0.25) is 0 Å². The van der Waals surface area contributed by atoms with Crippen molar-refractivity contribution in [3.63, 3.8) is 0 Å². The molecule has 1 fully saturated rings. The summed E-state index contributed by atoms with van der Waals surface area (Å²) in [6.07, 6.45) is 2.47. The Morgan fingerprint density at radius 2 is 2.33 bits per heavy atom. The van der Waals surface area contributed by atoms with E-state index in [1.807, 2.05) is 12.1 Å². The highest BCUT2D eigenvalue weighted by molar-refractivity contribution is 9.10. The zero-order chi connectivity index (χ0) is 10.8. The molecule has 1 unspecified atom stereocenters. The first-order valence-corrected chi connectivity index (χ1v) is 6.14. The molecule has 0 aromatic heterocycles. The third-order valence-corrected chi connectivity index (χ3v) is 3.57. The van der Waals surface area contributed by atoms with Crippen LogP contribution in [0, 0.1) is 5.82 Å². The van der Waals surface area contributed by atoms with Crippen molar-refractivity contribution in [1.29, 1.82) is 0 Å². The first kappa shape index (κ1) is 11.1. The largest absolute Gasteiger partial charge is 0.296 e. The molecule has 3 heteroatoms. The van der Waals surface area contributed by atoms with E-state index in [1.54, 1.807) is 0 Å². The molecular weight excluding hydrogens is 257 g/mol. The molecule has 1 aromatic carbocycles. The minimum Gasteiger partial charge on any atom is -0.296 e. The van der Waals surface area contributed by atoms with Gasteiger partial charge in [-0.05, 0) is 38.4 Å². The third-order valence-electron chi connectivity index (χ3n) is 3.08. The summed E-state index contributed by atoms with van der Waals surface area (Å²) in [7, 11) is 0. The van der Waals surface area contributed by atoms with Gasteiger partial charge < -0.3 is 0 Å². The second-order valence-electron chi connectivity index (χ2n) is 4.20. The van der Waals surface area contributed by atoms with Gasteiger partial charge in [-0.25, -0.2) is 4.39 Å². The first-order chi connectivity index (χ1) is 7.16. The van der Waals surface area contributed by atoms with Crippen molar-refractivity contribution in [3.8, 4) is 0 Å². The van der Waals surface area contributed by atoms with Crippen LogP contribution in [0.3, 0.4) is 0 Å². The molecule has 1 aliphatic rings. The predicted octanol–water partition coefficient (Wildman–Crippen LogP) is 3.57. The number of nitrogens with zero attached hydrogens (tertiary/aromatic N) is 1. The summed E-state index contributed by atoms with van der Waals surface area (Å²) in [6.45, 7) is 4.04. The number of hydrogen-bond donors (Lipinski definition) is 0. The minimum absolute atomic E-state index is 0.108. The van der Waals surface area contributed by atoms with Crippen LogP contribution in [-0.2, 0) is 6.54 Å². The molecule has 1 aliphatic heterocycles. The number of hydrogen-bond acceptors (Lipinski definition) is 1. The molecular formula is C12H15BrFN. The Bertz CT molecular complexity index is 353. The van der Waals surface area contributed by atoms with Gasteiger partial charge in [0, 0.05) is 22.6 Å². The summed E-state index contributed by atoms with van der Waals surface area (Å²) in [4.78, 5) is 2.34. The molecule has 1 nitrogen and oxygen atoms in total. The monoisotopic (exact) mass is 271 g/mol. The topological polar surface area (TPSA) is 3.24 Å². The van der Waals surface area contributed by atoms with Crippen LogP contribution in [0.25, 0.3) is 0 Å². The van der Waals surface area contributed by atoms with Gasteiger partial charge in [0.05, 0.1) is 0 Å². The molecule has 1 saturated heterocycles. The Balaban J connectivity index is 2.10. The zero-order valence-electron chi connectivity index (χ0n) is 8.84. The van der Waals surface area contributed by atoms with Crippen LogP contribution in [0.1, 0.15) is 25.3 Å². The van der Waals surface area contributed by atoms with Crippen molar-refractivity contribution in [2.45, 2.75) is 32.4 Å². The SMILES string of the molecule is CC1CCCN1Cc1ccc(Br)cc1F. The Hall–Kier alpha value is -0.410. The van der Waals surface area contributed by atoms with Crippen LogP contribution in [0.15, 0.2) is 22.7 Å². The van der Waals surface area contributed by atoms with Crippen LogP contribution in [-0.4, -0.2) is 17.5 Å². The van der Waals surface area contributed by atoms with E-state index in [9.17, 15) is 4.39 Å². The van der Waals surface area contributed by atoms with Gasteiger partial charge in [0.1, 0.15) is 5.82 Å². The minimum atomic E-state index is -0.108. The van der Waals surface area contributed by atoms with E-state index in [0.717, 1.165) is 23.1 Å². The van der Waals surface area contributed by atoms with Gasteiger partial charge in [-0.2, -0.15) is 0 Å². The van der Waals surface area contributed by atoms with Crippen molar-refractivity contribution in [2.75, 3.05) is 6.54 Å². The molecule has 0 saturated carbocycles. The fraction of sp³-hybridized carbons (Fsp3) is 0.500. The molecule has 0 amide bonds. The van der Waals surface area contributed by atoms with Crippen LogP contribution < -0.4 is 0 Å². The lowest BCUT2D eigenvalue weighted by Crippen LogP contribution is -2.26. The van der Waals surface area contributed by atoms with Gasteiger partial charge in [0.25, 0.3) is 0 Å². The Kier molecular flexibility index (Phi) is 3.42. The lowest BCUT2D eigenvalue weighted by molar-refractivity contribution is 0.256. The molecule has 1 aromatic rings. The molecule has 0 spiro atoms. The molecule has 0 radical (unpaired) electrons. The molecule has 1 heterocycles. The van der Waals surface area contributed by atoms with Crippen LogP contribution >= 0.6 is 15.9 Å². The van der Waals surface area contributed by atoms with E-state index in [-0.39, 0.29) is 5.82 Å². The standard InChI is InChI=1S/C12H15BrFN/c1-9-3-2-6-15(9)8-10-4-5-11(13)7-12(10)14/h4-5,7,9H,2-3,6,8H2,1H3. The molecule has 1 atom stereocenters. The quantitative estimate of drug-likeness (QED) is 0.795. The fourth-order valence-corrected chi connectivity index (χ4v) is 2.43. The predicted molar refractivity (Wildman–Crippen MR) is 63.2 cm³/mol. The fourth-order valence-electron chi connectivity index (χ4n) is 2.10. The van der Waals surface area contributed by atoms with Crippen molar-refractivity contribution in [2.24, 2.45) is 0 Å². The summed E-state index contributed by atoms with van der Waals surface area (Å²) in [5.74, 6) is -0.108. The van der Waals surface area contributed by atoms with E-state index in [4.69, 9.17) is 0 Å². The average molecular weight is 272 g/mol. The third kappa shape index (κ3) is 2.58. The zero-order valence-corrected chi connectivity index (χ0v) is 10.4. The van der Waals surface area contributed by atoms with Crippen molar-refractivity contribution in [1.82, 2.24) is 4.90 Å². The van der Waals surface area contributed by atoms with Crippen LogP contribution in [0.2, 0.25) is 0 Å². The normalized spacial score (nSPS) is 22.2.